The molecule has 0 aliphatic rings. The number of sulfonamides is 1. The summed E-state index contributed by atoms with van der Waals surface area (Å²) in [6.45, 7) is 2.58. The van der Waals surface area contributed by atoms with Gasteiger partial charge in [-0.05, 0) is 49.7 Å². The molecule has 11 heteroatoms. The lowest BCUT2D eigenvalue weighted by atomic mass is 10.1. The molecule has 3 rings (SSSR count). The van der Waals surface area contributed by atoms with Crippen LogP contribution in [0.5, 0.6) is 0 Å². The number of hydrazone groups is 1. The highest BCUT2D eigenvalue weighted by Crippen LogP contribution is 2.38. The van der Waals surface area contributed by atoms with Crippen LogP contribution < -0.4 is 9.73 Å². The first-order valence-electron chi connectivity index (χ1n) is 10.2. The van der Waals surface area contributed by atoms with E-state index in [2.05, 4.69) is 10.5 Å². The van der Waals surface area contributed by atoms with Crippen LogP contribution in [0.3, 0.4) is 0 Å². The van der Waals surface area contributed by atoms with Crippen LogP contribution in [0.2, 0.25) is 5.02 Å². The van der Waals surface area contributed by atoms with Crippen LogP contribution in [0.25, 0.3) is 0 Å². The summed E-state index contributed by atoms with van der Waals surface area (Å²) in [5.41, 5.74) is 2.63. The molecule has 0 heterocycles. The van der Waals surface area contributed by atoms with Gasteiger partial charge in [0.1, 0.15) is 6.54 Å². The Kier molecular flexibility index (Phi) is 7.86. The molecule has 0 saturated heterocycles. The number of amides is 1. The second-order valence-electron chi connectivity index (χ2n) is 7.58. The molecule has 0 atom stereocenters. The van der Waals surface area contributed by atoms with Crippen molar-refractivity contribution in [1.29, 1.82) is 0 Å². The van der Waals surface area contributed by atoms with E-state index in [0.29, 0.717) is 16.1 Å². The SMILES string of the molecule is C/C(=N/NC(=O)CN(c1ccc(Cl)c(C(F)(F)F)c1)S(=O)(=O)c1ccc(C)cc1)c1ccccc1. The Labute approximate surface area is 206 Å². The average molecular weight is 524 g/mol. The van der Waals surface area contributed by atoms with E-state index in [4.69, 9.17) is 11.6 Å². The molecule has 0 aliphatic heterocycles. The van der Waals surface area contributed by atoms with Gasteiger partial charge in [0.25, 0.3) is 15.9 Å². The minimum Gasteiger partial charge on any atom is -0.271 e. The Balaban J connectivity index is 1.99. The van der Waals surface area contributed by atoms with Crippen LogP contribution in [-0.2, 0) is 21.0 Å². The van der Waals surface area contributed by atoms with Gasteiger partial charge in [0, 0.05) is 0 Å². The topological polar surface area (TPSA) is 78.8 Å². The number of benzene rings is 3. The smallest absolute Gasteiger partial charge is 0.271 e. The molecule has 3 aromatic rings. The van der Waals surface area contributed by atoms with E-state index in [-0.39, 0.29) is 10.6 Å². The highest BCUT2D eigenvalue weighted by Gasteiger charge is 2.35. The van der Waals surface area contributed by atoms with Gasteiger partial charge in [-0.3, -0.25) is 9.10 Å². The average Bonchev–Trinajstić information content (AvgIpc) is 2.81. The molecule has 35 heavy (non-hydrogen) atoms. The molecule has 0 aromatic heterocycles. The first kappa shape index (κ1) is 26.2. The monoisotopic (exact) mass is 523 g/mol. The number of anilines is 1. The molecule has 0 spiro atoms. The van der Waals surface area contributed by atoms with Gasteiger partial charge in [0.15, 0.2) is 0 Å². The van der Waals surface area contributed by atoms with E-state index in [1.54, 1.807) is 50.2 Å². The molecule has 0 fully saturated rings. The molecule has 184 valence electrons. The third kappa shape index (κ3) is 6.40. The summed E-state index contributed by atoms with van der Waals surface area (Å²) in [5.74, 6) is -0.848. The van der Waals surface area contributed by atoms with E-state index in [9.17, 15) is 26.4 Å². The van der Waals surface area contributed by atoms with E-state index >= 15 is 0 Å². The number of halogens is 4. The van der Waals surface area contributed by atoms with Gasteiger partial charge in [0.05, 0.1) is 26.9 Å². The van der Waals surface area contributed by atoms with Gasteiger partial charge in [0.2, 0.25) is 0 Å². The molecular formula is C24H21ClF3N3O3S. The minimum absolute atomic E-state index is 0.191. The molecule has 1 N–H and O–H groups in total. The van der Waals surface area contributed by atoms with E-state index in [1.807, 2.05) is 6.07 Å². The third-order valence-corrected chi connectivity index (χ3v) is 7.10. The van der Waals surface area contributed by atoms with Crippen LogP contribution in [-0.4, -0.2) is 26.6 Å². The number of nitrogens with one attached hydrogen (secondary N) is 1. The van der Waals surface area contributed by atoms with Crippen molar-refractivity contribution in [3.8, 4) is 0 Å². The van der Waals surface area contributed by atoms with Crippen LogP contribution in [0.15, 0.2) is 82.8 Å². The zero-order valence-corrected chi connectivity index (χ0v) is 20.2. The molecule has 0 saturated carbocycles. The molecular weight excluding hydrogens is 503 g/mol. The van der Waals surface area contributed by atoms with Crippen LogP contribution in [0, 0.1) is 6.92 Å². The molecule has 0 aliphatic carbocycles. The van der Waals surface area contributed by atoms with Gasteiger partial charge in [-0.1, -0.05) is 59.6 Å². The fraction of sp³-hybridized carbons (Fsp3) is 0.167. The van der Waals surface area contributed by atoms with Gasteiger partial charge >= 0.3 is 6.18 Å². The number of hydrogen-bond donors (Lipinski definition) is 1. The summed E-state index contributed by atoms with van der Waals surface area (Å²) >= 11 is 5.70. The Morgan fingerprint density at radius 2 is 1.66 bits per heavy atom. The summed E-state index contributed by atoms with van der Waals surface area (Å²) < 4.78 is 67.7. The van der Waals surface area contributed by atoms with Gasteiger partial charge in [-0.25, -0.2) is 13.8 Å². The van der Waals surface area contributed by atoms with Gasteiger partial charge < -0.3 is 0 Å². The normalized spacial score (nSPS) is 12.3. The number of carbonyl (C=O) groups is 1. The molecule has 6 nitrogen and oxygen atoms in total. The summed E-state index contributed by atoms with van der Waals surface area (Å²) in [6, 6.07) is 17.3. The van der Waals surface area contributed by atoms with Crippen molar-refractivity contribution in [2.75, 3.05) is 10.8 Å². The summed E-state index contributed by atoms with van der Waals surface area (Å²) in [5, 5.41) is 3.38. The third-order valence-electron chi connectivity index (χ3n) is 4.98. The summed E-state index contributed by atoms with van der Waals surface area (Å²) in [6.07, 6.45) is -4.83. The predicted octanol–water partition coefficient (Wildman–Crippen LogP) is 5.40. The molecule has 0 unspecified atom stereocenters. The van der Waals surface area contributed by atoms with Crippen LogP contribution >= 0.6 is 11.6 Å². The van der Waals surface area contributed by atoms with Crippen molar-refractivity contribution >= 4 is 38.9 Å². The maximum Gasteiger partial charge on any atom is 0.417 e. The lowest BCUT2D eigenvalue weighted by molar-refractivity contribution is -0.137. The standard InChI is InChI=1S/C24H21ClF3N3O3S/c1-16-8-11-20(12-9-16)35(33,34)31(19-10-13-22(25)21(14-19)24(26,27)28)15-23(32)30-29-17(2)18-6-4-3-5-7-18/h3-14H,15H2,1-2H3,(H,30,32)/b29-17-. The van der Waals surface area contributed by atoms with E-state index in [0.717, 1.165) is 23.3 Å². The fourth-order valence-corrected chi connectivity index (χ4v) is 4.73. The van der Waals surface area contributed by atoms with Gasteiger partial charge in [-0.2, -0.15) is 18.3 Å². The quantitative estimate of drug-likeness (QED) is 0.332. The van der Waals surface area contributed by atoms with Crippen molar-refractivity contribution in [3.05, 3.63) is 94.5 Å². The zero-order valence-electron chi connectivity index (χ0n) is 18.7. The first-order valence-corrected chi connectivity index (χ1v) is 12.1. The maximum atomic E-state index is 13.4. The lowest BCUT2D eigenvalue weighted by Gasteiger charge is -2.25. The zero-order chi connectivity index (χ0) is 25.8. The molecule has 3 aromatic carbocycles. The minimum atomic E-state index is -4.83. The van der Waals surface area contributed by atoms with Crippen molar-refractivity contribution < 1.29 is 26.4 Å². The number of carbonyl (C=O) groups excluding carboxylic acids is 1. The Hall–Kier alpha value is -3.37. The summed E-state index contributed by atoms with van der Waals surface area (Å²) in [7, 11) is -4.42. The van der Waals surface area contributed by atoms with Gasteiger partial charge in [-0.15, -0.1) is 0 Å². The van der Waals surface area contributed by atoms with Crippen molar-refractivity contribution in [1.82, 2.24) is 5.43 Å². The van der Waals surface area contributed by atoms with Crippen molar-refractivity contribution in [2.24, 2.45) is 5.10 Å². The second-order valence-corrected chi connectivity index (χ2v) is 9.85. The van der Waals surface area contributed by atoms with Crippen LogP contribution in [0.1, 0.15) is 23.6 Å². The maximum absolute atomic E-state index is 13.4. The second kappa shape index (κ2) is 10.5. The fourth-order valence-electron chi connectivity index (χ4n) is 3.09. The largest absolute Gasteiger partial charge is 0.417 e. The van der Waals surface area contributed by atoms with E-state index < -0.39 is 39.2 Å². The Morgan fingerprint density at radius 1 is 1.03 bits per heavy atom. The molecule has 0 radical (unpaired) electrons. The van der Waals surface area contributed by atoms with Crippen molar-refractivity contribution in [3.63, 3.8) is 0 Å². The summed E-state index contributed by atoms with van der Waals surface area (Å²) in [4.78, 5) is 12.5. The lowest BCUT2D eigenvalue weighted by Crippen LogP contribution is -2.40. The predicted molar refractivity (Wildman–Crippen MR) is 129 cm³/mol. The number of nitrogens with zero attached hydrogens (tertiary/aromatic N) is 2. The number of aryl methyl sites for hydroxylation is 1. The Morgan fingerprint density at radius 3 is 2.26 bits per heavy atom. The first-order chi connectivity index (χ1) is 16.4. The highest BCUT2D eigenvalue weighted by molar-refractivity contribution is 7.92. The Bertz CT molecular complexity index is 1340. The number of alkyl halides is 3. The molecule has 1 amide bonds. The highest BCUT2D eigenvalue weighted by atomic mass is 35.5. The molecule has 0 bridgehead atoms. The van der Waals surface area contributed by atoms with Crippen LogP contribution in [0.4, 0.5) is 18.9 Å². The number of hydrogen-bond acceptors (Lipinski definition) is 4. The van der Waals surface area contributed by atoms with E-state index in [1.165, 1.54) is 12.1 Å². The van der Waals surface area contributed by atoms with Crippen molar-refractivity contribution in [2.45, 2.75) is 24.9 Å². The number of rotatable bonds is 7.